The first kappa shape index (κ1) is 17.1. The van der Waals surface area contributed by atoms with E-state index in [4.69, 9.17) is 9.47 Å². The maximum atomic E-state index is 12.5. The molecule has 0 saturated carbocycles. The number of hydrogen-bond acceptors (Lipinski definition) is 5. The molecular weight excluding hydrogens is 346 g/mol. The van der Waals surface area contributed by atoms with Gasteiger partial charge in [0.25, 0.3) is 5.56 Å². The van der Waals surface area contributed by atoms with Crippen LogP contribution in [0.2, 0.25) is 0 Å². The minimum Gasteiger partial charge on any atom is -0.486 e. The smallest absolute Gasteiger partial charge is 0.275 e. The summed E-state index contributed by atoms with van der Waals surface area (Å²) in [6, 6.07) is 12.5. The summed E-state index contributed by atoms with van der Waals surface area (Å²) in [4.78, 5) is 24.9. The molecule has 2 heterocycles. The SMILES string of the molecule is CC(NC(=O)Cn1ncc2ccccc2c1=O)c1ccc2c(c1)OCCO2. The molecule has 1 aliphatic heterocycles. The molecule has 2 aromatic carbocycles. The number of carbonyl (C=O) groups is 1. The second-order valence-electron chi connectivity index (χ2n) is 6.39. The van der Waals surface area contributed by atoms with Crippen LogP contribution in [0, 0.1) is 0 Å². The fourth-order valence-electron chi connectivity index (χ4n) is 3.08. The van der Waals surface area contributed by atoms with E-state index in [9.17, 15) is 9.59 Å². The molecule has 138 valence electrons. The molecule has 7 nitrogen and oxygen atoms in total. The third kappa shape index (κ3) is 3.48. The predicted molar refractivity (Wildman–Crippen MR) is 100.0 cm³/mol. The van der Waals surface area contributed by atoms with E-state index in [0.717, 1.165) is 10.9 Å². The van der Waals surface area contributed by atoms with E-state index < -0.39 is 0 Å². The summed E-state index contributed by atoms with van der Waals surface area (Å²) in [6.45, 7) is 2.78. The fourth-order valence-corrected chi connectivity index (χ4v) is 3.08. The lowest BCUT2D eigenvalue weighted by Crippen LogP contribution is -2.35. The van der Waals surface area contributed by atoms with Crippen molar-refractivity contribution in [3.05, 3.63) is 64.6 Å². The molecule has 0 radical (unpaired) electrons. The number of fused-ring (bicyclic) bond motifs is 2. The summed E-state index contributed by atoms with van der Waals surface area (Å²) < 4.78 is 12.3. The Morgan fingerprint density at radius 1 is 1.19 bits per heavy atom. The second kappa shape index (κ2) is 7.11. The molecule has 0 saturated heterocycles. The summed E-state index contributed by atoms with van der Waals surface area (Å²) in [5.74, 6) is 1.09. The Bertz CT molecular complexity index is 1060. The number of carbonyl (C=O) groups excluding carboxylic acids is 1. The Kier molecular flexibility index (Phi) is 4.50. The summed E-state index contributed by atoms with van der Waals surface area (Å²) in [5, 5.41) is 8.28. The van der Waals surface area contributed by atoms with E-state index in [1.165, 1.54) is 4.68 Å². The van der Waals surface area contributed by atoms with Crippen molar-refractivity contribution in [2.45, 2.75) is 19.5 Å². The molecule has 27 heavy (non-hydrogen) atoms. The Hall–Kier alpha value is -3.35. The van der Waals surface area contributed by atoms with Crippen LogP contribution in [0.3, 0.4) is 0 Å². The number of ether oxygens (including phenoxy) is 2. The summed E-state index contributed by atoms with van der Waals surface area (Å²) >= 11 is 0. The second-order valence-corrected chi connectivity index (χ2v) is 6.39. The lowest BCUT2D eigenvalue weighted by molar-refractivity contribution is -0.122. The number of rotatable bonds is 4. The van der Waals surface area contributed by atoms with Gasteiger partial charge in [-0.3, -0.25) is 9.59 Å². The third-order valence-corrected chi connectivity index (χ3v) is 4.50. The van der Waals surface area contributed by atoms with E-state index in [1.54, 1.807) is 18.3 Å². The zero-order valence-electron chi connectivity index (χ0n) is 14.8. The van der Waals surface area contributed by atoms with Crippen LogP contribution in [0.25, 0.3) is 10.8 Å². The summed E-state index contributed by atoms with van der Waals surface area (Å²) in [5.41, 5.74) is 0.613. The predicted octanol–water partition coefficient (Wildman–Crippen LogP) is 2.05. The van der Waals surface area contributed by atoms with Crippen molar-refractivity contribution in [2.75, 3.05) is 13.2 Å². The van der Waals surface area contributed by atoms with Crippen LogP contribution in [0.15, 0.2) is 53.5 Å². The Balaban J connectivity index is 1.48. The number of aromatic nitrogens is 2. The average molecular weight is 365 g/mol. The highest BCUT2D eigenvalue weighted by Crippen LogP contribution is 2.32. The van der Waals surface area contributed by atoms with E-state index in [0.29, 0.717) is 30.1 Å². The maximum Gasteiger partial charge on any atom is 0.275 e. The normalized spacial score (nSPS) is 14.0. The summed E-state index contributed by atoms with van der Waals surface area (Å²) in [6.07, 6.45) is 1.59. The minimum atomic E-state index is -0.290. The molecule has 1 amide bonds. The molecule has 0 spiro atoms. The first-order chi connectivity index (χ1) is 13.1. The van der Waals surface area contributed by atoms with Crippen LogP contribution in [0.5, 0.6) is 11.5 Å². The van der Waals surface area contributed by atoms with Gasteiger partial charge >= 0.3 is 0 Å². The molecule has 0 bridgehead atoms. The number of amides is 1. The van der Waals surface area contributed by atoms with Crippen molar-refractivity contribution < 1.29 is 14.3 Å². The highest BCUT2D eigenvalue weighted by atomic mass is 16.6. The lowest BCUT2D eigenvalue weighted by atomic mass is 10.1. The van der Waals surface area contributed by atoms with Crippen molar-refractivity contribution >= 4 is 16.7 Å². The standard InChI is InChI=1S/C20H19N3O4/c1-13(14-6-7-17-18(10-14)27-9-8-26-17)22-19(24)12-23-20(25)16-5-3-2-4-15(16)11-21-23/h2-7,10-11,13H,8-9,12H2,1H3,(H,22,24). The lowest BCUT2D eigenvalue weighted by Gasteiger charge is -2.21. The van der Waals surface area contributed by atoms with Crippen LogP contribution in [0.1, 0.15) is 18.5 Å². The van der Waals surface area contributed by atoms with Crippen molar-refractivity contribution in [1.82, 2.24) is 15.1 Å². The van der Waals surface area contributed by atoms with Gasteiger partial charge in [-0.1, -0.05) is 24.3 Å². The molecule has 4 rings (SSSR count). The summed E-state index contributed by atoms with van der Waals surface area (Å²) in [7, 11) is 0. The van der Waals surface area contributed by atoms with E-state index in [-0.39, 0.29) is 24.1 Å². The maximum absolute atomic E-state index is 12.5. The van der Waals surface area contributed by atoms with E-state index >= 15 is 0 Å². The van der Waals surface area contributed by atoms with Crippen LogP contribution in [0.4, 0.5) is 0 Å². The van der Waals surface area contributed by atoms with Gasteiger partial charge in [0, 0.05) is 5.39 Å². The van der Waals surface area contributed by atoms with Gasteiger partial charge in [-0.15, -0.1) is 0 Å². The zero-order valence-corrected chi connectivity index (χ0v) is 14.8. The van der Waals surface area contributed by atoms with Gasteiger partial charge in [-0.2, -0.15) is 5.10 Å². The number of benzene rings is 2. The average Bonchev–Trinajstić information content (AvgIpc) is 2.70. The molecule has 1 aromatic heterocycles. The van der Waals surface area contributed by atoms with Crippen LogP contribution in [-0.2, 0) is 11.3 Å². The molecule has 0 aliphatic carbocycles. The Morgan fingerprint density at radius 2 is 1.96 bits per heavy atom. The van der Waals surface area contributed by atoms with Gasteiger partial charge in [-0.05, 0) is 30.7 Å². The number of hydrogen-bond donors (Lipinski definition) is 1. The monoisotopic (exact) mass is 365 g/mol. The molecule has 7 heteroatoms. The molecule has 1 aliphatic rings. The first-order valence-corrected chi connectivity index (χ1v) is 8.75. The van der Waals surface area contributed by atoms with Gasteiger partial charge in [0.05, 0.1) is 17.6 Å². The minimum absolute atomic E-state index is 0.140. The van der Waals surface area contributed by atoms with Gasteiger partial charge in [0.15, 0.2) is 11.5 Å². The first-order valence-electron chi connectivity index (χ1n) is 8.75. The quantitative estimate of drug-likeness (QED) is 0.765. The van der Waals surface area contributed by atoms with Crippen molar-refractivity contribution in [1.29, 1.82) is 0 Å². The highest BCUT2D eigenvalue weighted by molar-refractivity contribution is 5.81. The highest BCUT2D eigenvalue weighted by Gasteiger charge is 2.16. The van der Waals surface area contributed by atoms with E-state index in [2.05, 4.69) is 10.4 Å². The number of nitrogens with zero attached hydrogens (tertiary/aromatic N) is 2. The molecule has 1 atom stereocenters. The van der Waals surface area contributed by atoms with Crippen molar-refractivity contribution in [3.63, 3.8) is 0 Å². The Labute approximate surface area is 155 Å². The fraction of sp³-hybridized carbons (Fsp3) is 0.250. The van der Waals surface area contributed by atoms with Gasteiger partial charge in [0.1, 0.15) is 19.8 Å². The van der Waals surface area contributed by atoms with Crippen molar-refractivity contribution in [2.24, 2.45) is 0 Å². The van der Waals surface area contributed by atoms with Crippen molar-refractivity contribution in [3.8, 4) is 11.5 Å². The number of nitrogens with one attached hydrogen (secondary N) is 1. The molecule has 1 N–H and O–H groups in total. The largest absolute Gasteiger partial charge is 0.486 e. The topological polar surface area (TPSA) is 82.5 Å². The van der Waals surface area contributed by atoms with Crippen LogP contribution in [-0.4, -0.2) is 28.9 Å². The third-order valence-electron chi connectivity index (χ3n) is 4.50. The van der Waals surface area contributed by atoms with Crippen LogP contribution >= 0.6 is 0 Å². The van der Waals surface area contributed by atoms with Gasteiger partial charge in [0.2, 0.25) is 5.91 Å². The molecule has 3 aromatic rings. The van der Waals surface area contributed by atoms with Gasteiger partial charge in [-0.25, -0.2) is 4.68 Å². The van der Waals surface area contributed by atoms with Crippen LogP contribution < -0.4 is 20.3 Å². The van der Waals surface area contributed by atoms with E-state index in [1.807, 2.05) is 37.3 Å². The molecule has 1 unspecified atom stereocenters. The van der Waals surface area contributed by atoms with Gasteiger partial charge < -0.3 is 14.8 Å². The molecular formula is C20H19N3O4. The molecule has 0 fully saturated rings. The zero-order chi connectivity index (χ0) is 18.8. The Morgan fingerprint density at radius 3 is 2.81 bits per heavy atom.